The molecule has 1 heterocycles. The Hall–Kier alpha value is -3.10. The van der Waals surface area contributed by atoms with E-state index in [1.54, 1.807) is 36.4 Å². The smallest absolute Gasteiger partial charge is 0.255 e. The van der Waals surface area contributed by atoms with Crippen molar-refractivity contribution >= 4 is 21.6 Å². The number of furan rings is 1. The van der Waals surface area contributed by atoms with E-state index in [1.165, 1.54) is 30.5 Å². The standard InChI is InChI=1S/C21H22N2O5S/c1-15(2)28-18-6-3-5-16(13-18)21(24)23-17-8-10-20(11-9-17)29(25,26)22-14-19-7-4-12-27-19/h3-13,15,22H,14H2,1-2H3,(H,23,24). The van der Waals surface area contributed by atoms with Crippen LogP contribution in [0.3, 0.4) is 0 Å². The fourth-order valence-electron chi connectivity index (χ4n) is 2.57. The summed E-state index contributed by atoms with van der Waals surface area (Å²) in [7, 11) is -3.69. The normalized spacial score (nSPS) is 11.4. The first-order valence-corrected chi connectivity index (χ1v) is 10.5. The van der Waals surface area contributed by atoms with Crippen LogP contribution in [0.25, 0.3) is 0 Å². The molecule has 1 aromatic heterocycles. The quantitative estimate of drug-likeness (QED) is 0.584. The Labute approximate surface area is 169 Å². The molecule has 0 fully saturated rings. The predicted molar refractivity (Wildman–Crippen MR) is 109 cm³/mol. The molecule has 7 nitrogen and oxygen atoms in total. The number of nitrogens with one attached hydrogen (secondary N) is 2. The van der Waals surface area contributed by atoms with Crippen molar-refractivity contribution in [2.45, 2.75) is 31.4 Å². The highest BCUT2D eigenvalue weighted by atomic mass is 32.2. The van der Waals surface area contributed by atoms with Gasteiger partial charge in [0.25, 0.3) is 5.91 Å². The molecule has 0 saturated heterocycles. The molecule has 3 rings (SSSR count). The van der Waals surface area contributed by atoms with Gasteiger partial charge in [-0.3, -0.25) is 4.79 Å². The number of amides is 1. The van der Waals surface area contributed by atoms with Crippen LogP contribution >= 0.6 is 0 Å². The Morgan fingerprint density at radius 3 is 2.48 bits per heavy atom. The molecule has 152 valence electrons. The van der Waals surface area contributed by atoms with Crippen LogP contribution in [0.2, 0.25) is 0 Å². The Morgan fingerprint density at radius 1 is 1.07 bits per heavy atom. The number of ether oxygens (including phenoxy) is 1. The lowest BCUT2D eigenvalue weighted by Crippen LogP contribution is -2.23. The fourth-order valence-corrected chi connectivity index (χ4v) is 3.56. The number of sulfonamides is 1. The number of anilines is 1. The van der Waals surface area contributed by atoms with Gasteiger partial charge in [-0.25, -0.2) is 13.1 Å². The molecule has 0 aliphatic rings. The molecule has 3 aromatic rings. The Kier molecular flexibility index (Phi) is 6.36. The number of carbonyl (C=O) groups excluding carboxylic acids is 1. The summed E-state index contributed by atoms with van der Waals surface area (Å²) in [6.07, 6.45) is 1.48. The van der Waals surface area contributed by atoms with Gasteiger partial charge in [-0.15, -0.1) is 0 Å². The van der Waals surface area contributed by atoms with Crippen LogP contribution in [0.5, 0.6) is 5.75 Å². The van der Waals surface area contributed by atoms with E-state index in [4.69, 9.17) is 9.15 Å². The van der Waals surface area contributed by atoms with E-state index in [9.17, 15) is 13.2 Å². The SMILES string of the molecule is CC(C)Oc1cccc(C(=O)Nc2ccc(S(=O)(=O)NCc3ccco3)cc2)c1. The van der Waals surface area contributed by atoms with Crippen LogP contribution in [-0.4, -0.2) is 20.4 Å². The second kappa shape index (κ2) is 8.93. The molecule has 0 atom stereocenters. The average molecular weight is 414 g/mol. The van der Waals surface area contributed by atoms with Crippen LogP contribution in [0.15, 0.2) is 76.2 Å². The summed E-state index contributed by atoms with van der Waals surface area (Å²) in [6.45, 7) is 3.88. The lowest BCUT2D eigenvalue weighted by atomic mass is 10.2. The van der Waals surface area contributed by atoms with Crippen LogP contribution in [-0.2, 0) is 16.6 Å². The lowest BCUT2D eigenvalue weighted by Gasteiger charge is -2.11. The molecule has 1 amide bonds. The summed E-state index contributed by atoms with van der Waals surface area (Å²) in [6, 6.07) is 16.2. The number of hydrogen-bond donors (Lipinski definition) is 2. The van der Waals surface area contributed by atoms with Gasteiger partial charge in [0.1, 0.15) is 11.5 Å². The van der Waals surface area contributed by atoms with Crippen molar-refractivity contribution in [2.24, 2.45) is 0 Å². The average Bonchev–Trinajstić information content (AvgIpc) is 3.20. The van der Waals surface area contributed by atoms with Crippen LogP contribution < -0.4 is 14.8 Å². The highest BCUT2D eigenvalue weighted by Gasteiger charge is 2.15. The van der Waals surface area contributed by atoms with Gasteiger partial charge in [-0.1, -0.05) is 6.07 Å². The second-order valence-electron chi connectivity index (χ2n) is 6.58. The van der Waals surface area contributed by atoms with E-state index < -0.39 is 10.0 Å². The van der Waals surface area contributed by atoms with E-state index in [1.807, 2.05) is 13.8 Å². The maximum Gasteiger partial charge on any atom is 0.255 e. The minimum Gasteiger partial charge on any atom is -0.491 e. The van der Waals surface area contributed by atoms with Crippen molar-refractivity contribution in [2.75, 3.05) is 5.32 Å². The first-order valence-electron chi connectivity index (χ1n) is 9.04. The van der Waals surface area contributed by atoms with Gasteiger partial charge in [-0.05, 0) is 68.4 Å². The van der Waals surface area contributed by atoms with Crippen molar-refractivity contribution in [3.05, 3.63) is 78.3 Å². The van der Waals surface area contributed by atoms with Crippen molar-refractivity contribution in [3.8, 4) is 5.75 Å². The maximum absolute atomic E-state index is 12.5. The number of rotatable bonds is 8. The molecule has 0 spiro atoms. The molecule has 8 heteroatoms. The number of benzene rings is 2. The predicted octanol–water partition coefficient (Wildman–Crippen LogP) is 3.80. The molecule has 0 saturated carbocycles. The highest BCUT2D eigenvalue weighted by Crippen LogP contribution is 2.18. The van der Waals surface area contributed by atoms with Crippen molar-refractivity contribution in [1.82, 2.24) is 4.72 Å². The molecule has 2 N–H and O–H groups in total. The molecular formula is C21H22N2O5S. The van der Waals surface area contributed by atoms with Gasteiger partial charge in [0, 0.05) is 11.3 Å². The minimum atomic E-state index is -3.69. The Balaban J connectivity index is 1.65. The van der Waals surface area contributed by atoms with Crippen LogP contribution in [0.1, 0.15) is 30.0 Å². The largest absolute Gasteiger partial charge is 0.491 e. The monoisotopic (exact) mass is 414 g/mol. The summed E-state index contributed by atoms with van der Waals surface area (Å²) in [5.74, 6) is 0.809. The summed E-state index contributed by atoms with van der Waals surface area (Å²) in [5, 5.41) is 2.75. The van der Waals surface area contributed by atoms with Gasteiger partial charge in [0.05, 0.1) is 23.8 Å². The third kappa shape index (κ3) is 5.69. The van der Waals surface area contributed by atoms with Gasteiger partial charge < -0.3 is 14.5 Å². The summed E-state index contributed by atoms with van der Waals surface area (Å²) < 4.78 is 37.9. The van der Waals surface area contributed by atoms with Crippen molar-refractivity contribution in [3.63, 3.8) is 0 Å². The first kappa shape index (κ1) is 20.6. The number of hydrogen-bond acceptors (Lipinski definition) is 5. The summed E-state index contributed by atoms with van der Waals surface area (Å²) in [5.41, 5.74) is 0.926. The molecule has 0 unspecified atom stereocenters. The maximum atomic E-state index is 12.5. The summed E-state index contributed by atoms with van der Waals surface area (Å²) in [4.78, 5) is 12.6. The zero-order valence-corrected chi connectivity index (χ0v) is 16.9. The number of carbonyl (C=O) groups is 1. The van der Waals surface area contributed by atoms with Gasteiger partial charge >= 0.3 is 0 Å². The van der Waals surface area contributed by atoms with E-state index in [-0.39, 0.29) is 23.5 Å². The van der Waals surface area contributed by atoms with E-state index in [0.717, 1.165) is 0 Å². The summed E-state index contributed by atoms with van der Waals surface area (Å²) >= 11 is 0. The Morgan fingerprint density at radius 2 is 1.83 bits per heavy atom. The highest BCUT2D eigenvalue weighted by molar-refractivity contribution is 7.89. The molecule has 29 heavy (non-hydrogen) atoms. The van der Waals surface area contributed by atoms with Crippen molar-refractivity contribution < 1.29 is 22.4 Å². The van der Waals surface area contributed by atoms with Crippen LogP contribution in [0.4, 0.5) is 5.69 Å². The third-order valence-electron chi connectivity index (χ3n) is 3.91. The van der Waals surface area contributed by atoms with E-state index in [0.29, 0.717) is 22.8 Å². The van der Waals surface area contributed by atoms with Gasteiger partial charge in [0.2, 0.25) is 10.0 Å². The molecular weight excluding hydrogens is 392 g/mol. The first-order chi connectivity index (χ1) is 13.8. The molecule has 0 bridgehead atoms. The fraction of sp³-hybridized carbons (Fsp3) is 0.190. The molecule has 2 aromatic carbocycles. The third-order valence-corrected chi connectivity index (χ3v) is 5.32. The molecule has 0 radical (unpaired) electrons. The zero-order valence-electron chi connectivity index (χ0n) is 16.1. The van der Waals surface area contributed by atoms with Crippen molar-refractivity contribution in [1.29, 1.82) is 0 Å². The van der Waals surface area contributed by atoms with Gasteiger partial charge in [-0.2, -0.15) is 0 Å². The second-order valence-corrected chi connectivity index (χ2v) is 8.34. The molecule has 0 aliphatic carbocycles. The topological polar surface area (TPSA) is 97.6 Å². The van der Waals surface area contributed by atoms with E-state index >= 15 is 0 Å². The Bertz CT molecular complexity index is 1060. The van der Waals surface area contributed by atoms with Gasteiger partial charge in [0.15, 0.2) is 0 Å². The lowest BCUT2D eigenvalue weighted by molar-refractivity contribution is 0.102. The zero-order chi connectivity index (χ0) is 20.9. The molecule has 0 aliphatic heterocycles. The van der Waals surface area contributed by atoms with E-state index in [2.05, 4.69) is 10.0 Å². The van der Waals surface area contributed by atoms with Crippen LogP contribution in [0, 0.1) is 0 Å². The minimum absolute atomic E-state index is 0.00389.